The standard InChI is InChI=1S/C17H20N2O2/c20-15-8-4-11-19(13-15)17(21)16-9-5-10-18(16)12-14-6-2-1-3-7-14/h1-3,5-7,9-10,15,20H,4,8,11-13H2. The van der Waals surface area contributed by atoms with Crippen molar-refractivity contribution in [3.05, 3.63) is 59.9 Å². The van der Waals surface area contributed by atoms with Crippen LogP contribution in [-0.4, -0.2) is 39.7 Å². The lowest BCUT2D eigenvalue weighted by atomic mass is 10.1. The Labute approximate surface area is 124 Å². The summed E-state index contributed by atoms with van der Waals surface area (Å²) in [6, 6.07) is 13.9. The van der Waals surface area contributed by atoms with Crippen molar-refractivity contribution in [3.63, 3.8) is 0 Å². The molecule has 1 amide bonds. The molecule has 2 aromatic rings. The minimum Gasteiger partial charge on any atom is -0.391 e. The van der Waals surface area contributed by atoms with E-state index in [4.69, 9.17) is 0 Å². The van der Waals surface area contributed by atoms with Crippen molar-refractivity contribution < 1.29 is 9.90 Å². The Balaban J connectivity index is 1.77. The highest BCUT2D eigenvalue weighted by molar-refractivity contribution is 5.92. The van der Waals surface area contributed by atoms with Gasteiger partial charge in [-0.1, -0.05) is 30.3 Å². The molecule has 1 N–H and O–H groups in total. The molecule has 0 spiro atoms. The Kier molecular flexibility index (Phi) is 4.06. The van der Waals surface area contributed by atoms with Crippen LogP contribution >= 0.6 is 0 Å². The number of nitrogens with zero attached hydrogens (tertiary/aromatic N) is 2. The third-order valence-electron chi connectivity index (χ3n) is 3.93. The molecule has 3 rings (SSSR count). The van der Waals surface area contributed by atoms with Crippen molar-refractivity contribution in [3.8, 4) is 0 Å². The van der Waals surface area contributed by atoms with E-state index in [1.54, 1.807) is 4.90 Å². The second-order valence-electron chi connectivity index (χ2n) is 5.55. The number of aromatic nitrogens is 1. The number of carbonyl (C=O) groups is 1. The van der Waals surface area contributed by atoms with Crippen molar-refractivity contribution in [1.29, 1.82) is 0 Å². The molecule has 1 atom stereocenters. The average molecular weight is 284 g/mol. The molecule has 1 aliphatic rings. The highest BCUT2D eigenvalue weighted by atomic mass is 16.3. The first-order valence-corrected chi connectivity index (χ1v) is 7.40. The summed E-state index contributed by atoms with van der Waals surface area (Å²) in [6.45, 7) is 1.85. The van der Waals surface area contributed by atoms with E-state index in [0.717, 1.165) is 19.4 Å². The third kappa shape index (κ3) is 3.16. The highest BCUT2D eigenvalue weighted by Gasteiger charge is 2.24. The zero-order valence-electron chi connectivity index (χ0n) is 12.0. The summed E-state index contributed by atoms with van der Waals surface area (Å²) >= 11 is 0. The van der Waals surface area contributed by atoms with Crippen LogP contribution in [0.25, 0.3) is 0 Å². The van der Waals surface area contributed by atoms with Crippen molar-refractivity contribution in [2.75, 3.05) is 13.1 Å². The number of hydrogen-bond acceptors (Lipinski definition) is 2. The van der Waals surface area contributed by atoms with Gasteiger partial charge in [-0.05, 0) is 30.5 Å². The van der Waals surface area contributed by atoms with Gasteiger partial charge in [0.2, 0.25) is 0 Å². The van der Waals surface area contributed by atoms with E-state index in [1.165, 1.54) is 5.56 Å². The van der Waals surface area contributed by atoms with Gasteiger partial charge >= 0.3 is 0 Å². The number of carbonyl (C=O) groups excluding carboxylic acids is 1. The van der Waals surface area contributed by atoms with Gasteiger partial charge in [-0.3, -0.25) is 4.79 Å². The molecule has 4 heteroatoms. The Bertz CT molecular complexity index is 606. The molecule has 1 aromatic carbocycles. The molecule has 0 radical (unpaired) electrons. The fourth-order valence-electron chi connectivity index (χ4n) is 2.83. The molecule has 1 saturated heterocycles. The van der Waals surface area contributed by atoms with Crippen LogP contribution in [-0.2, 0) is 6.54 Å². The highest BCUT2D eigenvalue weighted by Crippen LogP contribution is 2.15. The number of β-amino-alcohol motifs (C(OH)–C–C–N with tert-alkyl or cyclic N) is 1. The summed E-state index contributed by atoms with van der Waals surface area (Å²) in [5, 5.41) is 9.73. The van der Waals surface area contributed by atoms with E-state index >= 15 is 0 Å². The van der Waals surface area contributed by atoms with E-state index in [1.807, 2.05) is 41.1 Å². The lowest BCUT2D eigenvalue weighted by Crippen LogP contribution is -2.42. The molecule has 1 aromatic heterocycles. The second-order valence-corrected chi connectivity index (χ2v) is 5.55. The normalized spacial score (nSPS) is 18.7. The van der Waals surface area contributed by atoms with Crippen molar-refractivity contribution in [2.45, 2.75) is 25.5 Å². The maximum Gasteiger partial charge on any atom is 0.270 e. The largest absolute Gasteiger partial charge is 0.391 e. The quantitative estimate of drug-likeness (QED) is 0.938. The van der Waals surface area contributed by atoms with Crippen molar-refractivity contribution in [1.82, 2.24) is 9.47 Å². The molecule has 0 aliphatic carbocycles. The van der Waals surface area contributed by atoms with Gasteiger partial charge < -0.3 is 14.6 Å². The maximum absolute atomic E-state index is 12.6. The smallest absolute Gasteiger partial charge is 0.270 e. The van der Waals surface area contributed by atoms with Gasteiger partial charge in [0.15, 0.2) is 0 Å². The molecule has 2 heterocycles. The predicted molar refractivity (Wildman–Crippen MR) is 81.1 cm³/mol. The number of piperidine rings is 1. The number of likely N-dealkylation sites (tertiary alicyclic amines) is 1. The van der Waals surface area contributed by atoms with E-state index < -0.39 is 0 Å². The Morgan fingerprint density at radius 2 is 2.00 bits per heavy atom. The summed E-state index contributed by atoms with van der Waals surface area (Å²) < 4.78 is 1.97. The molecule has 1 aliphatic heterocycles. The molecule has 0 saturated carbocycles. The van der Waals surface area contributed by atoms with Gasteiger partial charge in [0.1, 0.15) is 5.69 Å². The second kappa shape index (κ2) is 6.14. The van der Waals surface area contributed by atoms with Crippen LogP contribution in [0.3, 0.4) is 0 Å². The van der Waals surface area contributed by atoms with Gasteiger partial charge in [0.25, 0.3) is 5.91 Å². The number of amides is 1. The zero-order chi connectivity index (χ0) is 14.7. The number of benzene rings is 1. The van der Waals surface area contributed by atoms with Crippen LogP contribution in [0.5, 0.6) is 0 Å². The first kappa shape index (κ1) is 13.9. The van der Waals surface area contributed by atoms with Gasteiger partial charge in [-0.2, -0.15) is 0 Å². The molecule has 1 fully saturated rings. The molecule has 21 heavy (non-hydrogen) atoms. The van der Waals surface area contributed by atoms with Crippen LogP contribution in [0.4, 0.5) is 0 Å². The maximum atomic E-state index is 12.6. The molecule has 4 nitrogen and oxygen atoms in total. The van der Waals surface area contributed by atoms with E-state index in [0.29, 0.717) is 18.8 Å². The SMILES string of the molecule is O=C(c1cccn1Cc1ccccc1)N1CCCC(O)C1. The average Bonchev–Trinajstić information content (AvgIpc) is 2.95. The summed E-state index contributed by atoms with van der Waals surface area (Å²) in [7, 11) is 0. The first-order valence-electron chi connectivity index (χ1n) is 7.40. The van der Waals surface area contributed by atoms with E-state index in [9.17, 15) is 9.90 Å². The molecular formula is C17H20N2O2. The topological polar surface area (TPSA) is 45.5 Å². The Morgan fingerprint density at radius 1 is 1.19 bits per heavy atom. The molecule has 0 bridgehead atoms. The molecular weight excluding hydrogens is 264 g/mol. The van der Waals surface area contributed by atoms with Gasteiger partial charge in [0, 0.05) is 25.8 Å². The van der Waals surface area contributed by atoms with Crippen LogP contribution in [0.2, 0.25) is 0 Å². The minimum atomic E-state index is -0.389. The Hall–Kier alpha value is -2.07. The minimum absolute atomic E-state index is 0.00896. The lowest BCUT2D eigenvalue weighted by molar-refractivity contribution is 0.0465. The number of hydrogen-bond donors (Lipinski definition) is 1. The predicted octanol–water partition coefficient (Wildman–Crippen LogP) is 2.13. The Morgan fingerprint density at radius 3 is 2.76 bits per heavy atom. The first-order chi connectivity index (χ1) is 10.2. The lowest BCUT2D eigenvalue weighted by Gasteiger charge is -2.30. The zero-order valence-corrected chi connectivity index (χ0v) is 12.0. The van der Waals surface area contributed by atoms with Crippen LogP contribution in [0.15, 0.2) is 48.7 Å². The van der Waals surface area contributed by atoms with E-state index in [2.05, 4.69) is 12.1 Å². The summed E-state index contributed by atoms with van der Waals surface area (Å²) in [5.74, 6) is 0.00896. The van der Waals surface area contributed by atoms with Crippen LogP contribution in [0, 0.1) is 0 Å². The van der Waals surface area contributed by atoms with E-state index in [-0.39, 0.29) is 12.0 Å². The van der Waals surface area contributed by atoms with Crippen LogP contribution in [0.1, 0.15) is 28.9 Å². The number of rotatable bonds is 3. The fraction of sp³-hybridized carbons (Fsp3) is 0.353. The van der Waals surface area contributed by atoms with Crippen molar-refractivity contribution in [2.24, 2.45) is 0 Å². The number of aliphatic hydroxyl groups excluding tert-OH is 1. The summed E-state index contributed by atoms with van der Waals surface area (Å²) in [5.41, 5.74) is 1.86. The summed E-state index contributed by atoms with van der Waals surface area (Å²) in [6.07, 6.45) is 3.20. The monoisotopic (exact) mass is 284 g/mol. The molecule has 1 unspecified atom stereocenters. The van der Waals surface area contributed by atoms with Gasteiger partial charge in [0.05, 0.1) is 6.10 Å². The fourth-order valence-corrected chi connectivity index (χ4v) is 2.83. The van der Waals surface area contributed by atoms with Gasteiger partial charge in [-0.25, -0.2) is 0 Å². The van der Waals surface area contributed by atoms with Crippen LogP contribution < -0.4 is 0 Å². The van der Waals surface area contributed by atoms with Crippen molar-refractivity contribution >= 4 is 5.91 Å². The molecule has 110 valence electrons. The third-order valence-corrected chi connectivity index (χ3v) is 3.93. The summed E-state index contributed by atoms with van der Waals surface area (Å²) in [4.78, 5) is 14.4. The van der Waals surface area contributed by atoms with Gasteiger partial charge in [-0.15, -0.1) is 0 Å². The number of aliphatic hydroxyl groups is 1.